The highest BCUT2D eigenvalue weighted by Crippen LogP contribution is 2.34. The van der Waals surface area contributed by atoms with E-state index in [-0.39, 0.29) is 5.82 Å². The maximum Gasteiger partial charge on any atom is 0.126 e. The summed E-state index contributed by atoms with van der Waals surface area (Å²) in [5.74, 6) is -0.388. The van der Waals surface area contributed by atoms with Gasteiger partial charge in [-0.25, -0.2) is 9.38 Å². The second kappa shape index (κ2) is 7.07. The van der Waals surface area contributed by atoms with Gasteiger partial charge in [-0.2, -0.15) is 0 Å². The third kappa shape index (κ3) is 3.69. The molecule has 0 aliphatic carbocycles. The normalized spacial score (nSPS) is 10.4. The first-order valence-electron chi connectivity index (χ1n) is 6.99. The second-order valence-corrected chi connectivity index (χ2v) is 6.15. The van der Waals surface area contributed by atoms with Gasteiger partial charge in [-0.1, -0.05) is 72.3 Å². The van der Waals surface area contributed by atoms with Crippen LogP contribution in [0.1, 0.15) is 11.1 Å². The van der Waals surface area contributed by atoms with Gasteiger partial charge in [0.2, 0.25) is 0 Å². The second-order valence-electron chi connectivity index (χ2n) is 4.91. The van der Waals surface area contributed by atoms with E-state index in [4.69, 9.17) is 11.6 Å². The maximum atomic E-state index is 13.7. The minimum Gasteiger partial charge on any atom is -0.246 e. The lowest BCUT2D eigenvalue weighted by atomic mass is 10.0. The Bertz CT molecular complexity index is 807. The largest absolute Gasteiger partial charge is 0.246 e. The average Bonchev–Trinajstić information content (AvgIpc) is 2.58. The van der Waals surface area contributed by atoms with Gasteiger partial charge >= 0.3 is 0 Å². The Morgan fingerprint density at radius 1 is 0.870 bits per heavy atom. The molecule has 0 aliphatic heterocycles. The lowest BCUT2D eigenvalue weighted by molar-refractivity contribution is 0.627. The van der Waals surface area contributed by atoms with Crippen LogP contribution < -0.4 is 0 Å². The molecule has 0 spiro atoms. The molecule has 0 radical (unpaired) electrons. The molecule has 114 valence electrons. The van der Waals surface area contributed by atoms with E-state index >= 15 is 0 Å². The molecule has 0 amide bonds. The van der Waals surface area contributed by atoms with Crippen molar-refractivity contribution in [3.8, 4) is 0 Å². The van der Waals surface area contributed by atoms with Crippen LogP contribution in [0.2, 0.25) is 5.02 Å². The molecule has 0 N–H and O–H groups in total. The summed E-state index contributed by atoms with van der Waals surface area (Å²) in [6, 6.07) is 22.2. The molecule has 0 aromatic heterocycles. The predicted molar refractivity (Wildman–Crippen MR) is 97.3 cm³/mol. The zero-order valence-electron chi connectivity index (χ0n) is 12.0. The summed E-state index contributed by atoms with van der Waals surface area (Å²) in [4.78, 5) is 4.64. The Morgan fingerprint density at radius 3 is 1.91 bits per heavy atom. The number of halogens is 3. The monoisotopic (exact) mass is 387 g/mol. The molecular formula is C19H12BrClFN. The summed E-state index contributed by atoms with van der Waals surface area (Å²) in [6.45, 7) is 0. The lowest BCUT2D eigenvalue weighted by Gasteiger charge is -2.09. The van der Waals surface area contributed by atoms with Gasteiger partial charge in [-0.3, -0.25) is 0 Å². The van der Waals surface area contributed by atoms with Gasteiger partial charge in [0.05, 0.1) is 16.4 Å². The van der Waals surface area contributed by atoms with Crippen LogP contribution in [-0.2, 0) is 0 Å². The number of hydrogen-bond donors (Lipinski definition) is 0. The topological polar surface area (TPSA) is 12.4 Å². The molecular weight excluding hydrogens is 377 g/mol. The van der Waals surface area contributed by atoms with Crippen molar-refractivity contribution in [2.45, 2.75) is 0 Å². The molecule has 3 aromatic carbocycles. The van der Waals surface area contributed by atoms with Crippen LogP contribution in [0.3, 0.4) is 0 Å². The van der Waals surface area contributed by atoms with E-state index in [1.807, 2.05) is 60.7 Å². The van der Waals surface area contributed by atoms with E-state index < -0.39 is 0 Å². The number of nitrogens with zero attached hydrogens (tertiary/aromatic N) is 1. The van der Waals surface area contributed by atoms with Crippen molar-refractivity contribution in [2.75, 3.05) is 0 Å². The summed E-state index contributed by atoms with van der Waals surface area (Å²) in [5, 5.41) is 0.385. The Balaban J connectivity index is 2.21. The van der Waals surface area contributed by atoms with E-state index in [2.05, 4.69) is 20.9 Å². The molecule has 0 bridgehead atoms. The summed E-state index contributed by atoms with van der Waals surface area (Å²) < 4.78 is 14.2. The number of rotatable bonds is 3. The number of benzene rings is 3. The number of hydrogen-bond acceptors (Lipinski definition) is 1. The Hall–Kier alpha value is -1.97. The van der Waals surface area contributed by atoms with Crippen LogP contribution in [0, 0.1) is 5.82 Å². The van der Waals surface area contributed by atoms with E-state index in [9.17, 15) is 4.39 Å². The first-order chi connectivity index (χ1) is 11.1. The van der Waals surface area contributed by atoms with Crippen molar-refractivity contribution in [3.63, 3.8) is 0 Å². The molecule has 0 heterocycles. The van der Waals surface area contributed by atoms with Gasteiger partial charge in [0.15, 0.2) is 0 Å². The Labute approximate surface area is 147 Å². The number of aliphatic imine (C=N–C) groups is 1. The van der Waals surface area contributed by atoms with E-state index in [1.54, 1.807) is 0 Å². The fourth-order valence-electron chi connectivity index (χ4n) is 2.23. The molecule has 0 saturated carbocycles. The lowest BCUT2D eigenvalue weighted by Crippen LogP contribution is -2.02. The molecule has 23 heavy (non-hydrogen) atoms. The highest BCUT2D eigenvalue weighted by molar-refractivity contribution is 9.10. The van der Waals surface area contributed by atoms with Crippen molar-refractivity contribution in [1.82, 2.24) is 0 Å². The van der Waals surface area contributed by atoms with E-state index in [0.717, 1.165) is 16.8 Å². The van der Waals surface area contributed by atoms with Crippen LogP contribution in [0.4, 0.5) is 10.1 Å². The van der Waals surface area contributed by atoms with Crippen LogP contribution in [0.25, 0.3) is 0 Å². The first kappa shape index (κ1) is 15.9. The van der Waals surface area contributed by atoms with Crippen molar-refractivity contribution >= 4 is 38.9 Å². The molecule has 4 heteroatoms. The molecule has 0 aliphatic rings. The first-order valence-corrected chi connectivity index (χ1v) is 8.16. The van der Waals surface area contributed by atoms with E-state index in [0.29, 0.717) is 15.2 Å². The zero-order chi connectivity index (χ0) is 16.2. The molecule has 0 atom stereocenters. The average molecular weight is 389 g/mol. The van der Waals surface area contributed by atoms with Crippen molar-refractivity contribution in [2.24, 2.45) is 4.99 Å². The van der Waals surface area contributed by atoms with Gasteiger partial charge in [0.25, 0.3) is 0 Å². The smallest absolute Gasteiger partial charge is 0.126 e. The molecule has 0 saturated heterocycles. The minimum absolute atomic E-state index is 0.385. The predicted octanol–water partition coefficient (Wildman–Crippen LogP) is 6.41. The third-order valence-corrected chi connectivity index (χ3v) is 4.55. The SMILES string of the molecule is Fc1cc(Br)c(Cl)c(N=C(c2ccccc2)c2ccccc2)c1. The molecule has 3 aromatic rings. The maximum absolute atomic E-state index is 13.7. The Morgan fingerprint density at radius 2 is 1.39 bits per heavy atom. The van der Waals surface area contributed by atoms with Crippen molar-refractivity contribution in [3.05, 3.63) is 99.2 Å². The van der Waals surface area contributed by atoms with E-state index in [1.165, 1.54) is 12.1 Å². The molecule has 3 rings (SSSR count). The van der Waals surface area contributed by atoms with Crippen LogP contribution in [0.5, 0.6) is 0 Å². The third-order valence-electron chi connectivity index (χ3n) is 3.30. The van der Waals surface area contributed by atoms with Crippen molar-refractivity contribution in [1.29, 1.82) is 0 Å². The standard InChI is InChI=1S/C19H12BrClFN/c20-16-11-15(22)12-17(18(16)21)23-19(13-7-3-1-4-8-13)14-9-5-2-6-10-14/h1-12H. The van der Waals surface area contributed by atoms with Crippen molar-refractivity contribution < 1.29 is 4.39 Å². The molecule has 0 unspecified atom stereocenters. The highest BCUT2D eigenvalue weighted by atomic mass is 79.9. The molecule has 1 nitrogen and oxygen atoms in total. The zero-order valence-corrected chi connectivity index (χ0v) is 14.4. The summed E-state index contributed by atoms with van der Waals surface area (Å²) in [7, 11) is 0. The quantitative estimate of drug-likeness (QED) is 0.363. The molecule has 0 fully saturated rings. The fourth-order valence-corrected chi connectivity index (χ4v) is 2.81. The van der Waals surface area contributed by atoms with Crippen LogP contribution in [0.15, 0.2) is 82.3 Å². The van der Waals surface area contributed by atoms with Gasteiger partial charge < -0.3 is 0 Å². The van der Waals surface area contributed by atoms with Gasteiger partial charge in [0.1, 0.15) is 5.82 Å². The minimum atomic E-state index is -0.388. The summed E-state index contributed by atoms with van der Waals surface area (Å²) in [6.07, 6.45) is 0. The summed E-state index contributed by atoms with van der Waals surface area (Å²) >= 11 is 9.52. The van der Waals surface area contributed by atoms with Gasteiger partial charge in [-0.15, -0.1) is 0 Å². The van der Waals surface area contributed by atoms with Gasteiger partial charge in [0, 0.05) is 21.7 Å². The summed E-state index contributed by atoms with van der Waals surface area (Å²) in [5.41, 5.74) is 3.01. The van der Waals surface area contributed by atoms with Gasteiger partial charge in [-0.05, 0) is 22.0 Å². The fraction of sp³-hybridized carbons (Fsp3) is 0. The highest BCUT2D eigenvalue weighted by Gasteiger charge is 2.11. The van der Waals surface area contributed by atoms with Crippen LogP contribution in [-0.4, -0.2) is 5.71 Å². The van der Waals surface area contributed by atoms with Crippen LogP contribution >= 0.6 is 27.5 Å². The Kier molecular flexibility index (Phi) is 4.89.